The first-order chi connectivity index (χ1) is 19.8. The van der Waals surface area contributed by atoms with Crippen LogP contribution >= 0.6 is 7.60 Å². The number of likely N-dealkylation sites (tertiary alicyclic amines) is 1. The van der Waals surface area contributed by atoms with E-state index in [1.807, 2.05) is 6.92 Å². The van der Waals surface area contributed by atoms with Crippen LogP contribution in [0.25, 0.3) is 0 Å². The minimum absolute atomic E-state index is 0.00341. The highest BCUT2D eigenvalue weighted by Gasteiger charge is 2.43. The molecule has 1 aromatic carbocycles. The van der Waals surface area contributed by atoms with Gasteiger partial charge in [0.1, 0.15) is 24.5 Å². The van der Waals surface area contributed by atoms with Gasteiger partial charge in [0, 0.05) is 13.1 Å². The second-order valence-electron chi connectivity index (χ2n) is 9.80. The number of benzene rings is 1. The van der Waals surface area contributed by atoms with Gasteiger partial charge in [-0.25, -0.2) is 9.59 Å². The Hall–Kier alpha value is -3.16. The van der Waals surface area contributed by atoms with Crippen molar-refractivity contribution >= 4 is 31.5 Å². The predicted molar refractivity (Wildman–Crippen MR) is 143 cm³/mol. The van der Waals surface area contributed by atoms with E-state index in [1.165, 1.54) is 0 Å². The molecule has 3 amide bonds. The Morgan fingerprint density at radius 1 is 1.12 bits per heavy atom. The van der Waals surface area contributed by atoms with E-state index in [0.29, 0.717) is 24.8 Å². The van der Waals surface area contributed by atoms with Gasteiger partial charge < -0.3 is 30.3 Å². The summed E-state index contributed by atoms with van der Waals surface area (Å²) in [6.45, 7) is 1.39. The lowest BCUT2D eigenvalue weighted by molar-refractivity contribution is -0.173. The van der Waals surface area contributed by atoms with Crippen molar-refractivity contribution in [2.45, 2.75) is 89.0 Å². The van der Waals surface area contributed by atoms with Crippen LogP contribution in [0.1, 0.15) is 63.9 Å². The predicted octanol–water partition coefficient (Wildman–Crippen LogP) is 3.92. The van der Waals surface area contributed by atoms with E-state index >= 15 is 0 Å². The summed E-state index contributed by atoms with van der Waals surface area (Å²) in [4.78, 5) is 60.4. The molecule has 4 atom stereocenters. The second-order valence-corrected chi connectivity index (χ2v) is 11.8. The number of hydrogen-bond acceptors (Lipinski definition) is 7. The van der Waals surface area contributed by atoms with Crippen LogP contribution < -0.4 is 10.6 Å². The first-order valence-electron chi connectivity index (χ1n) is 13.6. The van der Waals surface area contributed by atoms with Gasteiger partial charge in [-0.1, -0.05) is 50.1 Å². The number of rotatable bonds is 16. The number of carbonyl (C=O) groups is 4. The van der Waals surface area contributed by atoms with Gasteiger partial charge in [-0.15, -0.1) is 0 Å². The van der Waals surface area contributed by atoms with E-state index in [-0.39, 0.29) is 51.8 Å². The van der Waals surface area contributed by atoms with Gasteiger partial charge in [-0.05, 0) is 44.1 Å². The number of aliphatic carboxylic acids is 1. The standard InChI is InChI=1S/C26H37F3N3O9P/c1-2-3-14-21(31-25(37)40-17-18-10-5-4-6-11-18)42(38,39)41-20(13-7-8-15-30-24(36)26(27,28)29)22(33)32-16-9-12-19(32)23(34)35/h4-6,10-11,19-21H,2-3,7-9,12-17H2,1H3,(H,30,36)(H,31,37)(H,34,35)(H,38,39)/t19-,20?,21-/m0/s1. The van der Waals surface area contributed by atoms with Crippen LogP contribution in [0, 0.1) is 0 Å². The van der Waals surface area contributed by atoms with Crippen LogP contribution in [0.4, 0.5) is 18.0 Å². The number of carboxylic acids is 1. The lowest BCUT2D eigenvalue weighted by Crippen LogP contribution is -2.46. The molecule has 16 heteroatoms. The molecule has 1 saturated heterocycles. The number of carboxylic acid groups (broad SMARTS) is 1. The molecule has 0 aliphatic carbocycles. The first-order valence-corrected chi connectivity index (χ1v) is 15.3. The molecule has 2 rings (SSSR count). The van der Waals surface area contributed by atoms with Crippen LogP contribution in [-0.2, 0) is 34.8 Å². The lowest BCUT2D eigenvalue weighted by Gasteiger charge is -2.30. The smallest absolute Gasteiger partial charge is 0.471 e. The molecule has 42 heavy (non-hydrogen) atoms. The Labute approximate surface area is 241 Å². The summed E-state index contributed by atoms with van der Waals surface area (Å²) >= 11 is 0. The largest absolute Gasteiger partial charge is 0.480 e. The van der Waals surface area contributed by atoms with Crippen LogP contribution in [0.2, 0.25) is 0 Å². The molecule has 2 unspecified atom stereocenters. The third-order valence-corrected chi connectivity index (χ3v) is 8.26. The Balaban J connectivity index is 2.14. The van der Waals surface area contributed by atoms with Crippen molar-refractivity contribution in [2.75, 3.05) is 13.1 Å². The molecule has 0 aromatic heterocycles. The van der Waals surface area contributed by atoms with Gasteiger partial charge in [0.2, 0.25) is 0 Å². The van der Waals surface area contributed by atoms with Crippen molar-refractivity contribution in [1.82, 2.24) is 15.5 Å². The maximum Gasteiger partial charge on any atom is 0.471 e. The van der Waals surface area contributed by atoms with Crippen LogP contribution in [0.15, 0.2) is 30.3 Å². The zero-order valence-corrected chi connectivity index (χ0v) is 24.1. The molecule has 1 heterocycles. The Bertz CT molecular complexity index is 1110. The quantitative estimate of drug-likeness (QED) is 0.157. The Morgan fingerprint density at radius 2 is 1.81 bits per heavy atom. The Morgan fingerprint density at radius 3 is 2.43 bits per heavy atom. The van der Waals surface area contributed by atoms with Crippen molar-refractivity contribution in [2.24, 2.45) is 0 Å². The summed E-state index contributed by atoms with van der Waals surface area (Å²) in [7, 11) is -4.79. The zero-order chi connectivity index (χ0) is 31.3. The number of carbonyl (C=O) groups excluding carboxylic acids is 3. The summed E-state index contributed by atoms with van der Waals surface area (Å²) in [5.74, 6) is -5.72. The highest BCUT2D eigenvalue weighted by atomic mass is 31.2. The van der Waals surface area contributed by atoms with Gasteiger partial charge in [0.15, 0.2) is 0 Å². The zero-order valence-electron chi connectivity index (χ0n) is 23.2. The number of unbranched alkanes of at least 4 members (excludes halogenated alkanes) is 2. The molecule has 0 bridgehead atoms. The van der Waals surface area contributed by atoms with Gasteiger partial charge in [0.25, 0.3) is 5.91 Å². The number of alkyl carbamates (subject to hydrolysis) is 1. The fourth-order valence-electron chi connectivity index (χ4n) is 4.32. The van der Waals surface area contributed by atoms with Crippen molar-refractivity contribution in [3.8, 4) is 0 Å². The SMILES string of the molecule is CCCC[C@@H](NC(=O)OCc1ccccc1)P(=O)(O)OC(CCCCNC(=O)C(F)(F)F)C(=O)N1CCC[C@H]1C(=O)O. The molecule has 0 saturated carbocycles. The molecular weight excluding hydrogens is 586 g/mol. The molecule has 4 N–H and O–H groups in total. The van der Waals surface area contributed by atoms with Gasteiger partial charge in [-0.3, -0.25) is 18.7 Å². The second kappa shape index (κ2) is 16.5. The Kier molecular flexibility index (Phi) is 13.7. The van der Waals surface area contributed by atoms with E-state index in [9.17, 15) is 46.9 Å². The minimum atomic E-state index is -5.06. The molecule has 1 aliphatic rings. The third-order valence-electron chi connectivity index (χ3n) is 6.53. The lowest BCUT2D eigenvalue weighted by atomic mass is 10.1. The van der Waals surface area contributed by atoms with Crippen molar-refractivity contribution < 1.29 is 56.2 Å². The number of amides is 3. The van der Waals surface area contributed by atoms with Crippen molar-refractivity contribution in [3.63, 3.8) is 0 Å². The monoisotopic (exact) mass is 623 g/mol. The number of hydrogen-bond donors (Lipinski definition) is 4. The maximum absolute atomic E-state index is 13.5. The van der Waals surface area contributed by atoms with Crippen LogP contribution in [0.3, 0.4) is 0 Å². The molecule has 1 aliphatic heterocycles. The molecule has 0 radical (unpaired) electrons. The number of halogens is 3. The summed E-state index contributed by atoms with van der Waals surface area (Å²) in [6, 6.07) is 7.53. The van der Waals surface area contributed by atoms with Gasteiger partial charge in [0.05, 0.1) is 0 Å². The molecule has 12 nitrogen and oxygen atoms in total. The van der Waals surface area contributed by atoms with E-state index in [1.54, 1.807) is 35.6 Å². The van der Waals surface area contributed by atoms with E-state index in [4.69, 9.17) is 9.26 Å². The number of nitrogens with one attached hydrogen (secondary N) is 2. The van der Waals surface area contributed by atoms with Crippen LogP contribution in [0.5, 0.6) is 0 Å². The summed E-state index contributed by atoms with van der Waals surface area (Å²) in [5, 5.41) is 13.5. The fourth-order valence-corrected chi connectivity index (χ4v) is 5.81. The highest BCUT2D eigenvalue weighted by molar-refractivity contribution is 7.53. The molecule has 236 valence electrons. The average Bonchev–Trinajstić information content (AvgIpc) is 3.43. The molecule has 1 aromatic rings. The average molecular weight is 624 g/mol. The topological polar surface area (TPSA) is 172 Å². The molecule has 1 fully saturated rings. The maximum atomic E-state index is 13.5. The first kappa shape index (κ1) is 35.0. The minimum Gasteiger partial charge on any atom is -0.480 e. The molecular formula is C26H37F3N3O9P. The number of ether oxygens (including phenoxy) is 1. The summed E-state index contributed by atoms with van der Waals surface area (Å²) < 4.78 is 61.3. The fraction of sp³-hybridized carbons (Fsp3) is 0.615. The van der Waals surface area contributed by atoms with Crippen molar-refractivity contribution in [3.05, 3.63) is 35.9 Å². The highest BCUT2D eigenvalue weighted by Crippen LogP contribution is 2.50. The summed E-state index contributed by atoms with van der Waals surface area (Å²) in [6.07, 6.45) is -6.44. The van der Waals surface area contributed by atoms with Gasteiger partial charge in [-0.2, -0.15) is 13.2 Å². The van der Waals surface area contributed by atoms with E-state index in [2.05, 4.69) is 5.32 Å². The summed E-state index contributed by atoms with van der Waals surface area (Å²) in [5.41, 5.74) is 0.678. The van der Waals surface area contributed by atoms with E-state index < -0.39 is 55.6 Å². The number of alkyl halides is 3. The van der Waals surface area contributed by atoms with E-state index in [0.717, 1.165) is 4.90 Å². The third kappa shape index (κ3) is 11.3. The van der Waals surface area contributed by atoms with Gasteiger partial charge >= 0.3 is 31.7 Å². The van der Waals surface area contributed by atoms with Crippen molar-refractivity contribution in [1.29, 1.82) is 0 Å². The molecule has 0 spiro atoms. The number of nitrogens with zero attached hydrogens (tertiary/aromatic N) is 1. The van der Waals surface area contributed by atoms with Crippen LogP contribution in [-0.4, -0.2) is 76.0 Å². The normalized spacial score (nSPS) is 18.0.